The topological polar surface area (TPSA) is 95.9 Å². The molecule has 0 aliphatic heterocycles. The summed E-state index contributed by atoms with van der Waals surface area (Å²) in [6.45, 7) is 6.29. The molecular formula is C47H83NO5. The molecule has 0 aromatic carbocycles. The van der Waals surface area contributed by atoms with Crippen LogP contribution in [0.5, 0.6) is 0 Å². The van der Waals surface area contributed by atoms with Gasteiger partial charge in [-0.25, -0.2) is 0 Å². The Morgan fingerprint density at radius 1 is 0.566 bits per heavy atom. The molecule has 0 saturated carbocycles. The normalized spacial score (nSPS) is 14.0. The predicted molar refractivity (Wildman–Crippen MR) is 227 cm³/mol. The number of aliphatic hydroxyl groups is 2. The van der Waals surface area contributed by atoms with E-state index in [2.05, 4.69) is 80.8 Å². The molecule has 0 aliphatic carbocycles. The standard InChI is InChI=1S/C47H83NO5/c1-4-7-10-13-16-19-21-22-23-24-25-26-28-31-34-37-40-47(52)53-43(38-35-32-29-18-15-12-9-6-3)41-46(51)48-44(42-49)45(50)39-36-33-30-27-20-17-14-11-8-5-2/h7,10,16,19,22-23,25-26,31,34,43-45,49-50H,4-6,8-9,11-15,17-18,20-21,24,27-30,32-33,35-42H2,1-3H3,(H,48,51)/b10-7+,19-16+,23-22+,26-25+,34-31+. The van der Waals surface area contributed by atoms with Crippen molar-refractivity contribution in [2.45, 2.75) is 219 Å². The summed E-state index contributed by atoms with van der Waals surface area (Å²) in [5, 5.41) is 23.5. The van der Waals surface area contributed by atoms with Gasteiger partial charge < -0.3 is 20.3 Å². The van der Waals surface area contributed by atoms with Crippen LogP contribution in [-0.2, 0) is 14.3 Å². The van der Waals surface area contributed by atoms with E-state index in [9.17, 15) is 19.8 Å². The molecule has 53 heavy (non-hydrogen) atoms. The summed E-state index contributed by atoms with van der Waals surface area (Å²) in [6, 6.07) is -0.712. The summed E-state index contributed by atoms with van der Waals surface area (Å²) in [5.74, 6) is -0.579. The number of allylic oxidation sites excluding steroid dienone is 10. The first-order chi connectivity index (χ1) is 26.0. The quantitative estimate of drug-likeness (QED) is 0.0333. The van der Waals surface area contributed by atoms with Crippen molar-refractivity contribution in [1.82, 2.24) is 5.32 Å². The van der Waals surface area contributed by atoms with Gasteiger partial charge >= 0.3 is 5.97 Å². The van der Waals surface area contributed by atoms with Gasteiger partial charge in [-0.15, -0.1) is 0 Å². The van der Waals surface area contributed by atoms with Crippen molar-refractivity contribution < 1.29 is 24.5 Å². The summed E-state index contributed by atoms with van der Waals surface area (Å²) < 4.78 is 5.83. The minimum absolute atomic E-state index is 0.0470. The third-order valence-corrected chi connectivity index (χ3v) is 9.62. The highest BCUT2D eigenvalue weighted by Crippen LogP contribution is 2.17. The van der Waals surface area contributed by atoms with Crippen molar-refractivity contribution in [1.29, 1.82) is 0 Å². The number of nitrogens with one attached hydrogen (secondary N) is 1. The van der Waals surface area contributed by atoms with Crippen LogP contribution in [0.4, 0.5) is 0 Å². The van der Waals surface area contributed by atoms with E-state index in [0.29, 0.717) is 19.3 Å². The predicted octanol–water partition coefficient (Wildman–Crippen LogP) is 12.5. The Hall–Kier alpha value is -2.44. The molecule has 6 heteroatoms. The molecule has 0 fully saturated rings. The van der Waals surface area contributed by atoms with E-state index >= 15 is 0 Å². The third-order valence-electron chi connectivity index (χ3n) is 9.62. The number of carbonyl (C=O) groups is 2. The lowest BCUT2D eigenvalue weighted by molar-refractivity contribution is -0.150. The molecule has 3 atom stereocenters. The molecule has 0 aliphatic rings. The van der Waals surface area contributed by atoms with Crippen LogP contribution < -0.4 is 5.32 Å². The van der Waals surface area contributed by atoms with Gasteiger partial charge in [-0.3, -0.25) is 9.59 Å². The number of rotatable bonds is 38. The maximum atomic E-state index is 13.1. The van der Waals surface area contributed by atoms with Crippen LogP contribution in [0.3, 0.4) is 0 Å². The fourth-order valence-electron chi connectivity index (χ4n) is 6.30. The Balaban J connectivity index is 4.63. The van der Waals surface area contributed by atoms with E-state index in [1.165, 1.54) is 77.0 Å². The summed E-state index contributed by atoms with van der Waals surface area (Å²) in [4.78, 5) is 25.8. The lowest BCUT2D eigenvalue weighted by Crippen LogP contribution is -2.46. The summed E-state index contributed by atoms with van der Waals surface area (Å²) in [7, 11) is 0. The first-order valence-electron chi connectivity index (χ1n) is 22.0. The smallest absolute Gasteiger partial charge is 0.306 e. The highest BCUT2D eigenvalue weighted by Gasteiger charge is 2.24. The SMILES string of the molecule is CC/C=C/C/C=C/C/C=C/C/C=C/C/C=C/CCC(=O)OC(CCCCCCCCCC)CC(=O)NC(CO)C(O)CCCCCCCCCCCC. The van der Waals surface area contributed by atoms with E-state index in [1.807, 2.05) is 6.08 Å². The number of amides is 1. The molecule has 0 aromatic rings. The number of hydrogen-bond donors (Lipinski definition) is 3. The fourth-order valence-corrected chi connectivity index (χ4v) is 6.30. The van der Waals surface area contributed by atoms with E-state index in [0.717, 1.165) is 70.6 Å². The lowest BCUT2D eigenvalue weighted by atomic mass is 10.0. The van der Waals surface area contributed by atoms with E-state index in [4.69, 9.17) is 4.74 Å². The molecule has 6 nitrogen and oxygen atoms in total. The average Bonchev–Trinajstić information content (AvgIpc) is 3.15. The van der Waals surface area contributed by atoms with Crippen LogP contribution in [0.25, 0.3) is 0 Å². The van der Waals surface area contributed by atoms with E-state index in [-0.39, 0.29) is 31.3 Å². The lowest BCUT2D eigenvalue weighted by Gasteiger charge is -2.24. The van der Waals surface area contributed by atoms with Crippen LogP contribution in [0.15, 0.2) is 60.8 Å². The molecule has 0 heterocycles. The largest absolute Gasteiger partial charge is 0.462 e. The van der Waals surface area contributed by atoms with Crippen molar-refractivity contribution in [3.05, 3.63) is 60.8 Å². The molecule has 1 amide bonds. The first-order valence-corrected chi connectivity index (χ1v) is 22.0. The average molecular weight is 742 g/mol. The molecule has 0 spiro atoms. The van der Waals surface area contributed by atoms with Crippen LogP contribution in [0.2, 0.25) is 0 Å². The molecule has 0 rings (SSSR count). The second-order valence-electron chi connectivity index (χ2n) is 14.7. The minimum Gasteiger partial charge on any atom is -0.462 e. The number of hydrogen-bond acceptors (Lipinski definition) is 5. The molecular weight excluding hydrogens is 659 g/mol. The summed E-state index contributed by atoms with van der Waals surface area (Å²) >= 11 is 0. The molecule has 0 saturated heterocycles. The van der Waals surface area contributed by atoms with Gasteiger partial charge in [0.15, 0.2) is 0 Å². The number of unbranched alkanes of at least 4 members (excludes halogenated alkanes) is 16. The van der Waals surface area contributed by atoms with Crippen LogP contribution in [0, 0.1) is 0 Å². The Morgan fingerprint density at radius 3 is 1.43 bits per heavy atom. The number of carbonyl (C=O) groups excluding carboxylic acids is 2. The Morgan fingerprint density at radius 2 is 0.981 bits per heavy atom. The number of ether oxygens (including phenoxy) is 1. The Labute approximate surface area is 327 Å². The van der Waals surface area contributed by atoms with Gasteiger partial charge in [-0.1, -0.05) is 191 Å². The van der Waals surface area contributed by atoms with Gasteiger partial charge in [0.2, 0.25) is 5.91 Å². The van der Waals surface area contributed by atoms with Crippen LogP contribution >= 0.6 is 0 Å². The second kappa shape index (κ2) is 40.7. The van der Waals surface area contributed by atoms with Gasteiger partial charge in [-0.2, -0.15) is 0 Å². The van der Waals surface area contributed by atoms with Gasteiger partial charge in [0.25, 0.3) is 0 Å². The Kier molecular flexibility index (Phi) is 38.9. The molecule has 0 bridgehead atoms. The molecule has 306 valence electrons. The fraction of sp³-hybridized carbons (Fsp3) is 0.745. The molecule has 3 N–H and O–H groups in total. The van der Waals surface area contributed by atoms with Gasteiger partial charge in [0.1, 0.15) is 6.10 Å². The molecule has 0 aromatic heterocycles. The summed E-state index contributed by atoms with van der Waals surface area (Å²) in [5.41, 5.74) is 0. The van der Waals surface area contributed by atoms with E-state index < -0.39 is 18.2 Å². The molecule has 0 radical (unpaired) electrons. The van der Waals surface area contributed by atoms with Crippen molar-refractivity contribution in [3.8, 4) is 0 Å². The van der Waals surface area contributed by atoms with Crippen molar-refractivity contribution in [2.24, 2.45) is 0 Å². The van der Waals surface area contributed by atoms with Crippen LogP contribution in [0.1, 0.15) is 201 Å². The zero-order chi connectivity index (χ0) is 38.9. The second-order valence-corrected chi connectivity index (χ2v) is 14.7. The zero-order valence-corrected chi connectivity index (χ0v) is 34.6. The van der Waals surface area contributed by atoms with E-state index in [1.54, 1.807) is 0 Å². The van der Waals surface area contributed by atoms with Gasteiger partial charge in [0.05, 0.1) is 25.2 Å². The number of esters is 1. The van der Waals surface area contributed by atoms with Crippen molar-refractivity contribution >= 4 is 11.9 Å². The molecule has 3 unspecified atom stereocenters. The minimum atomic E-state index is -0.796. The first kappa shape index (κ1) is 50.6. The Bertz CT molecular complexity index is 968. The third kappa shape index (κ3) is 36.3. The van der Waals surface area contributed by atoms with Crippen molar-refractivity contribution in [3.63, 3.8) is 0 Å². The summed E-state index contributed by atoms with van der Waals surface area (Å²) in [6.07, 6.45) is 48.7. The highest BCUT2D eigenvalue weighted by molar-refractivity contribution is 5.77. The monoisotopic (exact) mass is 742 g/mol. The number of aliphatic hydroxyl groups excluding tert-OH is 2. The van der Waals surface area contributed by atoms with Crippen molar-refractivity contribution in [2.75, 3.05) is 6.61 Å². The van der Waals surface area contributed by atoms with Gasteiger partial charge in [0, 0.05) is 6.42 Å². The van der Waals surface area contributed by atoms with Gasteiger partial charge in [-0.05, 0) is 57.8 Å². The zero-order valence-electron chi connectivity index (χ0n) is 34.6. The maximum Gasteiger partial charge on any atom is 0.306 e. The van der Waals surface area contributed by atoms with Crippen LogP contribution in [-0.4, -0.2) is 46.9 Å². The maximum absolute atomic E-state index is 13.1. The highest BCUT2D eigenvalue weighted by atomic mass is 16.5.